The molecule has 1 aliphatic rings. The van der Waals surface area contributed by atoms with Crippen LogP contribution in [-0.4, -0.2) is 54.8 Å². The van der Waals surface area contributed by atoms with Gasteiger partial charge in [-0.3, -0.25) is 4.68 Å². The van der Waals surface area contributed by atoms with Crippen molar-refractivity contribution in [2.45, 2.75) is 32.7 Å². The fourth-order valence-electron chi connectivity index (χ4n) is 4.85. The van der Waals surface area contributed by atoms with Crippen molar-refractivity contribution in [2.24, 2.45) is 5.92 Å². The van der Waals surface area contributed by atoms with Gasteiger partial charge in [-0.2, -0.15) is 5.10 Å². The molecule has 1 aliphatic heterocycles. The molecule has 8 nitrogen and oxygen atoms in total. The number of aryl methyl sites for hydroxylation is 2. The zero-order chi connectivity index (χ0) is 24.6. The number of hydrogen-bond acceptors (Lipinski definition) is 6. The lowest BCUT2D eigenvalue weighted by Crippen LogP contribution is -2.30. The molecule has 0 aliphatic carbocycles. The molecule has 0 bridgehead atoms. The van der Waals surface area contributed by atoms with Crippen LogP contribution in [0.3, 0.4) is 0 Å². The minimum atomic E-state index is 0.367. The predicted octanol–water partition coefficient (Wildman–Crippen LogP) is 5.86. The van der Waals surface area contributed by atoms with E-state index in [1.807, 2.05) is 60.4 Å². The van der Waals surface area contributed by atoms with Gasteiger partial charge in [0, 0.05) is 30.4 Å². The molecule has 9 heteroatoms. The number of nitrogens with one attached hydrogen (secondary N) is 1. The maximum Gasteiger partial charge on any atom is 0.156 e. The highest BCUT2D eigenvalue weighted by Gasteiger charge is 2.17. The van der Waals surface area contributed by atoms with Crippen molar-refractivity contribution in [3.05, 3.63) is 59.8 Å². The zero-order valence-corrected chi connectivity index (χ0v) is 21.2. The molecule has 3 aromatic heterocycles. The van der Waals surface area contributed by atoms with Crippen LogP contribution in [0.1, 0.15) is 25.1 Å². The number of halogens is 1. The number of piperidine rings is 1. The average Bonchev–Trinajstić information content (AvgIpc) is 3.49. The van der Waals surface area contributed by atoms with Gasteiger partial charge in [0.15, 0.2) is 5.15 Å². The quantitative estimate of drug-likeness (QED) is 0.314. The Bertz CT molecular complexity index is 1530. The first-order chi connectivity index (χ1) is 17.5. The highest BCUT2D eigenvalue weighted by atomic mass is 35.5. The van der Waals surface area contributed by atoms with E-state index >= 15 is 0 Å². The number of H-pyrrole nitrogens is 1. The molecule has 6 rings (SSSR count). The largest absolute Gasteiger partial charge is 0.457 e. The topological polar surface area (TPSA) is 84.8 Å². The van der Waals surface area contributed by atoms with E-state index in [9.17, 15) is 0 Å². The van der Waals surface area contributed by atoms with Gasteiger partial charge in [-0.25, -0.2) is 15.0 Å². The Balaban J connectivity index is 1.21. The summed E-state index contributed by atoms with van der Waals surface area (Å²) in [7, 11) is 2.19. The minimum absolute atomic E-state index is 0.367. The summed E-state index contributed by atoms with van der Waals surface area (Å²) in [5.41, 5.74) is 4.77. The van der Waals surface area contributed by atoms with Crippen LogP contribution >= 0.6 is 11.6 Å². The SMILES string of the molecule is Cc1nc2ccc(Oc3ccc4nc(Cl)c(-c5cnn(CCC6CCN(C)CC6)c5)nc4c3)cc2[nH]1. The molecule has 0 radical (unpaired) electrons. The number of rotatable bonds is 6. The van der Waals surface area contributed by atoms with E-state index in [4.69, 9.17) is 21.3 Å². The summed E-state index contributed by atoms with van der Waals surface area (Å²) >= 11 is 6.53. The van der Waals surface area contributed by atoms with E-state index in [1.54, 1.807) is 0 Å². The van der Waals surface area contributed by atoms with Gasteiger partial charge in [0.25, 0.3) is 0 Å². The van der Waals surface area contributed by atoms with Gasteiger partial charge in [-0.15, -0.1) is 0 Å². The third kappa shape index (κ3) is 4.79. The molecule has 0 spiro atoms. The third-order valence-corrected chi connectivity index (χ3v) is 7.18. The van der Waals surface area contributed by atoms with Crippen LogP contribution in [0.25, 0.3) is 33.3 Å². The van der Waals surface area contributed by atoms with Gasteiger partial charge in [-0.1, -0.05) is 11.6 Å². The van der Waals surface area contributed by atoms with Gasteiger partial charge >= 0.3 is 0 Å². The minimum Gasteiger partial charge on any atom is -0.457 e. The molecule has 0 saturated carbocycles. The normalized spacial score (nSPS) is 15.2. The Hall–Kier alpha value is -3.49. The number of ether oxygens (including phenoxy) is 1. The van der Waals surface area contributed by atoms with Crippen molar-refractivity contribution in [1.29, 1.82) is 0 Å². The molecule has 184 valence electrons. The monoisotopic (exact) mass is 501 g/mol. The highest BCUT2D eigenvalue weighted by Crippen LogP contribution is 2.31. The molecule has 0 atom stereocenters. The first kappa shape index (κ1) is 22.9. The zero-order valence-electron chi connectivity index (χ0n) is 20.4. The fourth-order valence-corrected chi connectivity index (χ4v) is 5.09. The van der Waals surface area contributed by atoms with Crippen LogP contribution in [0.5, 0.6) is 11.5 Å². The van der Waals surface area contributed by atoms with Crippen LogP contribution in [-0.2, 0) is 6.54 Å². The van der Waals surface area contributed by atoms with E-state index in [-0.39, 0.29) is 0 Å². The highest BCUT2D eigenvalue weighted by molar-refractivity contribution is 6.32. The number of aromatic amines is 1. The number of fused-ring (bicyclic) bond motifs is 2. The van der Waals surface area contributed by atoms with E-state index in [0.717, 1.165) is 47.1 Å². The summed E-state index contributed by atoms with van der Waals surface area (Å²) in [6, 6.07) is 11.4. The van der Waals surface area contributed by atoms with Crippen molar-refractivity contribution >= 4 is 33.7 Å². The Morgan fingerprint density at radius 2 is 1.78 bits per heavy atom. The maximum absolute atomic E-state index is 6.53. The predicted molar refractivity (Wildman–Crippen MR) is 142 cm³/mol. The number of likely N-dealkylation sites (tertiary alicyclic amines) is 1. The molecule has 1 fully saturated rings. The molecule has 5 aromatic rings. The Kier molecular flexibility index (Phi) is 6.07. The second kappa shape index (κ2) is 9.52. The van der Waals surface area contributed by atoms with E-state index in [2.05, 4.69) is 32.0 Å². The number of nitrogens with zero attached hydrogens (tertiary/aromatic N) is 6. The van der Waals surface area contributed by atoms with Gasteiger partial charge < -0.3 is 14.6 Å². The molecule has 0 unspecified atom stereocenters. The summed E-state index contributed by atoms with van der Waals surface area (Å²) in [4.78, 5) is 19.5. The lowest BCUT2D eigenvalue weighted by molar-refractivity contribution is 0.206. The molecular weight excluding hydrogens is 474 g/mol. The molecule has 36 heavy (non-hydrogen) atoms. The van der Waals surface area contributed by atoms with E-state index < -0.39 is 0 Å². The third-order valence-electron chi connectivity index (χ3n) is 6.91. The Morgan fingerprint density at radius 3 is 2.61 bits per heavy atom. The Morgan fingerprint density at radius 1 is 1.00 bits per heavy atom. The lowest BCUT2D eigenvalue weighted by atomic mass is 9.94. The van der Waals surface area contributed by atoms with Crippen LogP contribution in [0.2, 0.25) is 5.15 Å². The smallest absolute Gasteiger partial charge is 0.156 e. The number of benzene rings is 2. The summed E-state index contributed by atoms with van der Waals surface area (Å²) < 4.78 is 8.10. The molecule has 0 amide bonds. The number of imidazole rings is 1. The van der Waals surface area contributed by atoms with Crippen LogP contribution < -0.4 is 4.74 Å². The van der Waals surface area contributed by atoms with Crippen molar-refractivity contribution in [2.75, 3.05) is 20.1 Å². The average molecular weight is 502 g/mol. The van der Waals surface area contributed by atoms with Crippen molar-refractivity contribution in [3.63, 3.8) is 0 Å². The standard InChI is InChI=1S/C27H28ClN7O/c1-17-30-22-5-3-20(13-24(22)31-17)36-21-4-6-23-25(14-21)32-26(27(28)33-23)19-15-29-35(16-19)12-9-18-7-10-34(2)11-8-18/h3-6,13-16,18H,7-12H2,1-2H3,(H,30,31). The van der Waals surface area contributed by atoms with Crippen LogP contribution in [0, 0.1) is 12.8 Å². The number of hydrogen-bond donors (Lipinski definition) is 1. The van der Waals surface area contributed by atoms with Crippen LogP contribution in [0.4, 0.5) is 0 Å². The van der Waals surface area contributed by atoms with Gasteiger partial charge in [0.05, 0.1) is 28.3 Å². The molecule has 2 aromatic carbocycles. The summed E-state index contributed by atoms with van der Waals surface area (Å²) in [6.45, 7) is 5.19. The first-order valence-corrected chi connectivity index (χ1v) is 12.7. The summed E-state index contributed by atoms with van der Waals surface area (Å²) in [5, 5.41) is 4.93. The van der Waals surface area contributed by atoms with E-state index in [1.165, 1.54) is 25.9 Å². The van der Waals surface area contributed by atoms with E-state index in [0.29, 0.717) is 27.6 Å². The lowest BCUT2D eigenvalue weighted by Gasteiger charge is -2.28. The second-order valence-electron chi connectivity index (χ2n) is 9.64. The summed E-state index contributed by atoms with van der Waals surface area (Å²) in [5.74, 6) is 3.03. The van der Waals surface area contributed by atoms with Crippen LogP contribution in [0.15, 0.2) is 48.8 Å². The Labute approximate surface area is 214 Å². The van der Waals surface area contributed by atoms with Gasteiger partial charge in [0.1, 0.15) is 23.0 Å². The van der Waals surface area contributed by atoms with Crippen molar-refractivity contribution < 1.29 is 4.74 Å². The second-order valence-corrected chi connectivity index (χ2v) is 10.0. The summed E-state index contributed by atoms with van der Waals surface area (Å²) in [6.07, 6.45) is 7.48. The maximum atomic E-state index is 6.53. The molecule has 4 heterocycles. The number of aromatic nitrogens is 6. The first-order valence-electron chi connectivity index (χ1n) is 12.3. The van der Waals surface area contributed by atoms with Gasteiger partial charge in [-0.05, 0) is 76.5 Å². The fraction of sp³-hybridized carbons (Fsp3) is 0.333. The molecule has 1 N–H and O–H groups in total. The van der Waals surface area contributed by atoms with Crippen molar-refractivity contribution in [1.82, 2.24) is 34.6 Å². The molecular formula is C27H28ClN7O. The van der Waals surface area contributed by atoms with Crippen molar-refractivity contribution in [3.8, 4) is 22.8 Å². The van der Waals surface area contributed by atoms with Gasteiger partial charge in [0.2, 0.25) is 0 Å². The molecule has 1 saturated heterocycles.